The van der Waals surface area contributed by atoms with Gasteiger partial charge in [-0.1, -0.05) is 0 Å². The van der Waals surface area contributed by atoms with Crippen molar-refractivity contribution in [1.29, 1.82) is 0 Å². The quantitative estimate of drug-likeness (QED) is 0.873. The fraction of sp³-hybridized carbons (Fsp3) is 0.545. The molecular weight excluding hydrogens is 305 g/mol. The van der Waals surface area contributed by atoms with Crippen molar-refractivity contribution in [1.82, 2.24) is 24.0 Å². The molecule has 1 N–H and O–H groups in total. The van der Waals surface area contributed by atoms with Crippen LogP contribution >= 0.6 is 24.8 Å². The highest BCUT2D eigenvalue weighted by atomic mass is 35.5. The molecule has 0 saturated heterocycles. The molecule has 9 heteroatoms. The topological polar surface area (TPSA) is 75.9 Å². The Balaban J connectivity index is 0.00000180. The molecule has 0 bridgehead atoms. The molecule has 7 nitrogen and oxygen atoms in total. The third-order valence-corrected chi connectivity index (χ3v) is 2.88. The second kappa shape index (κ2) is 7.47. The molecule has 2 rings (SSSR count). The molecular formula is C11H19Cl2N5O2. The predicted octanol–water partition coefficient (Wildman–Crippen LogP) is 0.219. The summed E-state index contributed by atoms with van der Waals surface area (Å²) in [5.41, 5.74) is 0.0611. The molecule has 2 aromatic heterocycles. The molecule has 20 heavy (non-hydrogen) atoms. The molecule has 0 amide bonds. The van der Waals surface area contributed by atoms with Crippen molar-refractivity contribution in [3.8, 4) is 0 Å². The summed E-state index contributed by atoms with van der Waals surface area (Å²) in [4.78, 5) is 31.7. The molecule has 0 aliphatic heterocycles. The molecule has 0 unspecified atom stereocenters. The molecule has 0 atom stereocenters. The number of hydrogen-bond donors (Lipinski definition) is 1. The number of aromatic nitrogens is 4. The Morgan fingerprint density at radius 2 is 1.95 bits per heavy atom. The van der Waals surface area contributed by atoms with E-state index in [0.717, 1.165) is 13.0 Å². The number of H-pyrrole nitrogens is 1. The van der Waals surface area contributed by atoms with E-state index in [4.69, 9.17) is 0 Å². The fourth-order valence-electron chi connectivity index (χ4n) is 1.91. The Labute approximate surface area is 128 Å². The minimum atomic E-state index is -0.439. The second-order valence-corrected chi connectivity index (χ2v) is 4.59. The van der Waals surface area contributed by atoms with Crippen molar-refractivity contribution in [2.75, 3.05) is 20.6 Å². The van der Waals surface area contributed by atoms with Crippen LogP contribution in [0.25, 0.3) is 11.2 Å². The van der Waals surface area contributed by atoms with Crippen LogP contribution in [0.2, 0.25) is 0 Å². The van der Waals surface area contributed by atoms with Gasteiger partial charge in [0.15, 0.2) is 11.2 Å². The lowest BCUT2D eigenvalue weighted by atomic mass is 10.4. The van der Waals surface area contributed by atoms with Crippen LogP contribution in [0, 0.1) is 0 Å². The zero-order valence-electron chi connectivity index (χ0n) is 11.6. The van der Waals surface area contributed by atoms with Gasteiger partial charge in [-0.05, 0) is 27.1 Å². The largest absolute Gasteiger partial charge is 0.329 e. The number of fused-ring (bicyclic) bond motifs is 1. The third kappa shape index (κ3) is 3.62. The summed E-state index contributed by atoms with van der Waals surface area (Å²) in [6.45, 7) is 1.64. The first-order valence-electron chi connectivity index (χ1n) is 5.79. The highest BCUT2D eigenvalue weighted by molar-refractivity contribution is 5.85. The Morgan fingerprint density at radius 3 is 2.55 bits per heavy atom. The summed E-state index contributed by atoms with van der Waals surface area (Å²) < 4.78 is 3.14. The summed E-state index contributed by atoms with van der Waals surface area (Å²) in [6, 6.07) is 0. The van der Waals surface area contributed by atoms with Crippen molar-refractivity contribution >= 4 is 36.0 Å². The predicted molar refractivity (Wildman–Crippen MR) is 83.3 cm³/mol. The lowest BCUT2D eigenvalue weighted by molar-refractivity contribution is 0.387. The molecule has 0 aliphatic carbocycles. The number of aryl methyl sites for hydroxylation is 2. The minimum absolute atomic E-state index is 0. The van der Waals surface area contributed by atoms with E-state index in [-0.39, 0.29) is 30.4 Å². The van der Waals surface area contributed by atoms with Gasteiger partial charge >= 0.3 is 5.69 Å². The summed E-state index contributed by atoms with van der Waals surface area (Å²) in [5, 5.41) is 0. The maximum atomic E-state index is 11.8. The van der Waals surface area contributed by atoms with Gasteiger partial charge in [0.25, 0.3) is 5.56 Å². The number of halogens is 2. The van der Waals surface area contributed by atoms with Crippen molar-refractivity contribution < 1.29 is 0 Å². The maximum absolute atomic E-state index is 11.8. The zero-order valence-corrected chi connectivity index (χ0v) is 13.3. The number of nitrogens with one attached hydrogen (secondary N) is 1. The van der Waals surface area contributed by atoms with Crippen molar-refractivity contribution in [3.63, 3.8) is 0 Å². The summed E-state index contributed by atoms with van der Waals surface area (Å²) >= 11 is 0. The Hall–Kier alpha value is -1.31. The van der Waals surface area contributed by atoms with Gasteiger partial charge in [-0.3, -0.25) is 14.3 Å². The summed E-state index contributed by atoms with van der Waals surface area (Å²) in [6.07, 6.45) is 2.52. The molecule has 114 valence electrons. The first kappa shape index (κ1) is 18.7. The Kier molecular flexibility index (Phi) is 6.98. The first-order chi connectivity index (χ1) is 8.50. The summed E-state index contributed by atoms with van der Waals surface area (Å²) in [5.74, 6) is 0. The highest BCUT2D eigenvalue weighted by Crippen LogP contribution is 2.05. The van der Waals surface area contributed by atoms with E-state index in [9.17, 15) is 9.59 Å². The molecule has 2 heterocycles. The van der Waals surface area contributed by atoms with E-state index in [0.29, 0.717) is 17.7 Å². The zero-order chi connectivity index (χ0) is 13.3. The summed E-state index contributed by atoms with van der Waals surface area (Å²) in [7, 11) is 5.60. The van der Waals surface area contributed by atoms with Crippen molar-refractivity contribution in [3.05, 3.63) is 27.2 Å². The van der Waals surface area contributed by atoms with E-state index < -0.39 is 5.69 Å². The number of nitrogens with zero attached hydrogens (tertiary/aromatic N) is 4. The smallest absolute Gasteiger partial charge is 0.325 e. The van der Waals surface area contributed by atoms with Crippen LogP contribution in [-0.4, -0.2) is 44.6 Å². The van der Waals surface area contributed by atoms with Crippen LogP contribution in [0.3, 0.4) is 0 Å². The molecule has 0 saturated carbocycles. The van der Waals surface area contributed by atoms with Gasteiger partial charge in [-0.25, -0.2) is 9.78 Å². The minimum Gasteiger partial charge on any atom is -0.325 e. The van der Waals surface area contributed by atoms with Crippen LogP contribution in [0.15, 0.2) is 15.9 Å². The van der Waals surface area contributed by atoms with Crippen molar-refractivity contribution in [2.45, 2.75) is 13.0 Å². The van der Waals surface area contributed by atoms with Gasteiger partial charge in [-0.2, -0.15) is 0 Å². The van der Waals surface area contributed by atoms with Gasteiger partial charge in [0.1, 0.15) is 0 Å². The average molecular weight is 324 g/mol. The number of rotatable bonds is 4. The fourth-order valence-corrected chi connectivity index (χ4v) is 1.91. The average Bonchev–Trinajstić information content (AvgIpc) is 2.70. The van der Waals surface area contributed by atoms with Gasteiger partial charge < -0.3 is 9.47 Å². The normalized spacial score (nSPS) is 10.4. The Morgan fingerprint density at radius 1 is 1.30 bits per heavy atom. The van der Waals surface area contributed by atoms with Gasteiger partial charge in [0.2, 0.25) is 0 Å². The monoisotopic (exact) mass is 323 g/mol. The lowest BCUT2D eigenvalue weighted by Crippen LogP contribution is -2.29. The SMILES string of the molecule is CN(C)CCCn1cnc2c1c(=O)[nH]c(=O)n2C.Cl.Cl. The molecule has 0 fully saturated rings. The maximum Gasteiger partial charge on any atom is 0.329 e. The van der Waals surface area contributed by atoms with E-state index in [1.54, 1.807) is 17.9 Å². The second-order valence-electron chi connectivity index (χ2n) is 4.59. The molecule has 0 spiro atoms. The highest BCUT2D eigenvalue weighted by Gasteiger charge is 2.10. The first-order valence-corrected chi connectivity index (χ1v) is 5.79. The third-order valence-electron chi connectivity index (χ3n) is 2.88. The Bertz CT molecular complexity index is 673. The van der Waals surface area contributed by atoms with Crippen LogP contribution in [0.1, 0.15) is 6.42 Å². The standard InChI is InChI=1S/C11H17N5O2.2ClH/c1-14(2)5-4-6-16-7-12-9-8(16)10(17)13-11(18)15(9)3;;/h7H,4-6H2,1-3H3,(H,13,17,18);2*1H. The van der Waals surface area contributed by atoms with Gasteiger partial charge in [0.05, 0.1) is 6.33 Å². The van der Waals surface area contributed by atoms with Crippen molar-refractivity contribution in [2.24, 2.45) is 7.05 Å². The van der Waals surface area contributed by atoms with Crippen LogP contribution in [0.4, 0.5) is 0 Å². The van der Waals surface area contributed by atoms with Crippen LogP contribution < -0.4 is 11.2 Å². The van der Waals surface area contributed by atoms with E-state index >= 15 is 0 Å². The number of hydrogen-bond acceptors (Lipinski definition) is 4. The molecule has 0 aromatic carbocycles. The van der Waals surface area contributed by atoms with E-state index in [1.807, 2.05) is 14.1 Å². The molecule has 0 radical (unpaired) electrons. The molecule has 2 aromatic rings. The van der Waals surface area contributed by atoms with Gasteiger partial charge in [0, 0.05) is 13.6 Å². The lowest BCUT2D eigenvalue weighted by Gasteiger charge is -2.09. The van der Waals surface area contributed by atoms with E-state index in [2.05, 4.69) is 14.9 Å². The van der Waals surface area contributed by atoms with Gasteiger partial charge in [-0.15, -0.1) is 24.8 Å². The van der Waals surface area contributed by atoms with E-state index in [1.165, 1.54) is 4.57 Å². The molecule has 0 aliphatic rings. The number of imidazole rings is 1. The van der Waals surface area contributed by atoms with Crippen LogP contribution in [0.5, 0.6) is 0 Å². The van der Waals surface area contributed by atoms with Crippen LogP contribution in [-0.2, 0) is 13.6 Å². The number of aromatic amines is 1.